The third kappa shape index (κ3) is 5.31. The number of rotatable bonds is 16. The van der Waals surface area contributed by atoms with E-state index in [-0.39, 0.29) is 30.9 Å². The van der Waals surface area contributed by atoms with Gasteiger partial charge < -0.3 is 24.4 Å². The zero-order chi connectivity index (χ0) is 28.1. The fourth-order valence-electron chi connectivity index (χ4n) is 6.97. The van der Waals surface area contributed by atoms with Crippen LogP contribution in [0.4, 0.5) is 0 Å². The van der Waals surface area contributed by atoms with Crippen molar-refractivity contribution in [3.8, 4) is 0 Å². The molecular formula is C30H48N2O6. The van der Waals surface area contributed by atoms with Crippen LogP contribution in [0.5, 0.6) is 0 Å². The van der Waals surface area contributed by atoms with Crippen molar-refractivity contribution in [3.63, 3.8) is 0 Å². The average Bonchev–Trinajstić information content (AvgIpc) is 3.50. The standard InChI is InChI=1S/C30H48N2O6/c1-7-11-13-18-37-28(36)24-23-26(34)32(22(20-33)19-21(5)6)25(27(35)31(16-9-3)17-12-8-2)30(23)15-14-29(24,10-4)38-30/h7,9,21-25,33H,1,3,8,10-20H2,2,4-6H3/t22-,23+,24+,25?,29-,30?/m1/s1. The van der Waals surface area contributed by atoms with E-state index in [1.165, 1.54) is 0 Å². The summed E-state index contributed by atoms with van der Waals surface area (Å²) in [6, 6.07) is -1.45. The normalized spacial score (nSPS) is 30.4. The molecule has 0 aromatic rings. The predicted octanol–water partition coefficient (Wildman–Crippen LogP) is 3.87. The first-order valence-corrected chi connectivity index (χ1v) is 14.5. The molecule has 0 radical (unpaired) electrons. The zero-order valence-electron chi connectivity index (χ0n) is 23.8. The number of carbonyl (C=O) groups is 3. The SMILES string of the molecule is C=CCCCOC(=O)[C@@H]1[C@H]2C(=O)N([C@@H](CO)CC(C)C)C(C(=O)N(CC=C)CCCC)C23CC[C@@]1(CC)O3. The van der Waals surface area contributed by atoms with E-state index in [9.17, 15) is 19.5 Å². The van der Waals surface area contributed by atoms with Gasteiger partial charge in [0.15, 0.2) is 0 Å². The first-order chi connectivity index (χ1) is 18.2. The first kappa shape index (κ1) is 30.4. The van der Waals surface area contributed by atoms with Crippen LogP contribution in [0.25, 0.3) is 0 Å². The fraction of sp³-hybridized carbons (Fsp3) is 0.767. The highest BCUT2D eigenvalue weighted by Gasteiger charge is 2.79. The Kier molecular flexibility index (Phi) is 10.2. The van der Waals surface area contributed by atoms with Gasteiger partial charge in [0.25, 0.3) is 0 Å². The van der Waals surface area contributed by atoms with E-state index in [0.29, 0.717) is 45.2 Å². The number of unbranched alkanes of at least 4 members (excludes halogenated alkanes) is 2. The molecule has 0 aromatic carbocycles. The number of aliphatic hydroxyl groups is 1. The van der Waals surface area contributed by atoms with E-state index in [0.717, 1.165) is 19.3 Å². The minimum absolute atomic E-state index is 0.191. The molecule has 3 rings (SSSR count). The number of hydrogen-bond donors (Lipinski definition) is 1. The summed E-state index contributed by atoms with van der Waals surface area (Å²) in [5.74, 6) is -2.29. The van der Waals surface area contributed by atoms with Crippen molar-refractivity contribution in [2.24, 2.45) is 17.8 Å². The lowest BCUT2D eigenvalue weighted by Crippen LogP contribution is -2.59. The molecule has 3 aliphatic heterocycles. The Bertz CT molecular complexity index is 890. The summed E-state index contributed by atoms with van der Waals surface area (Å²) in [6.45, 7) is 16.5. The van der Waals surface area contributed by atoms with E-state index in [1.54, 1.807) is 22.0 Å². The molecule has 2 unspecified atom stereocenters. The molecule has 38 heavy (non-hydrogen) atoms. The number of carbonyl (C=O) groups excluding carboxylic acids is 3. The molecule has 0 aliphatic carbocycles. The van der Waals surface area contributed by atoms with E-state index in [4.69, 9.17) is 9.47 Å². The molecule has 3 aliphatic rings. The summed E-state index contributed by atoms with van der Waals surface area (Å²) in [5, 5.41) is 10.4. The van der Waals surface area contributed by atoms with Gasteiger partial charge in [-0.05, 0) is 50.9 Å². The minimum Gasteiger partial charge on any atom is -0.465 e. The summed E-state index contributed by atoms with van der Waals surface area (Å²) in [7, 11) is 0. The smallest absolute Gasteiger partial charge is 0.312 e. The molecule has 3 saturated heterocycles. The first-order valence-electron chi connectivity index (χ1n) is 14.5. The van der Waals surface area contributed by atoms with Crippen LogP contribution in [0.3, 0.4) is 0 Å². The van der Waals surface area contributed by atoms with Crippen molar-refractivity contribution in [1.29, 1.82) is 0 Å². The molecule has 0 saturated carbocycles. The summed E-state index contributed by atoms with van der Waals surface area (Å²) in [6.07, 6.45) is 8.81. The second kappa shape index (κ2) is 12.8. The van der Waals surface area contributed by atoms with E-state index < -0.39 is 41.1 Å². The summed E-state index contributed by atoms with van der Waals surface area (Å²) >= 11 is 0. The maximum Gasteiger partial charge on any atom is 0.312 e. The topological polar surface area (TPSA) is 96.4 Å². The third-order valence-corrected chi connectivity index (χ3v) is 8.69. The Morgan fingerprint density at radius 3 is 2.55 bits per heavy atom. The highest BCUT2D eigenvalue weighted by Crippen LogP contribution is 2.65. The van der Waals surface area contributed by atoms with Crippen LogP contribution < -0.4 is 0 Å². The van der Waals surface area contributed by atoms with E-state index >= 15 is 0 Å². The van der Waals surface area contributed by atoms with Crippen LogP contribution in [-0.4, -0.2) is 82.3 Å². The quantitative estimate of drug-likeness (QED) is 0.184. The van der Waals surface area contributed by atoms with Gasteiger partial charge in [0, 0.05) is 13.1 Å². The van der Waals surface area contributed by atoms with Gasteiger partial charge in [-0.1, -0.05) is 46.3 Å². The molecule has 2 bridgehead atoms. The maximum absolute atomic E-state index is 14.3. The van der Waals surface area contributed by atoms with Crippen LogP contribution in [0.1, 0.15) is 79.1 Å². The lowest BCUT2D eigenvalue weighted by Gasteiger charge is -2.40. The Hall–Kier alpha value is -2.19. The Labute approximate surface area is 228 Å². The monoisotopic (exact) mass is 532 g/mol. The molecule has 3 fully saturated rings. The number of allylic oxidation sites excluding steroid dienone is 1. The van der Waals surface area contributed by atoms with Crippen LogP contribution in [0.15, 0.2) is 25.3 Å². The largest absolute Gasteiger partial charge is 0.465 e. The Morgan fingerprint density at radius 2 is 1.97 bits per heavy atom. The number of hydrogen-bond acceptors (Lipinski definition) is 6. The summed E-state index contributed by atoms with van der Waals surface area (Å²) < 4.78 is 12.5. The number of aliphatic hydroxyl groups excluding tert-OH is 1. The molecule has 2 amide bonds. The lowest BCUT2D eigenvalue weighted by atomic mass is 9.65. The predicted molar refractivity (Wildman–Crippen MR) is 146 cm³/mol. The Balaban J connectivity index is 2.07. The van der Waals surface area contributed by atoms with Gasteiger partial charge in [-0.15, -0.1) is 13.2 Å². The average molecular weight is 533 g/mol. The minimum atomic E-state index is -1.12. The van der Waals surface area contributed by atoms with Crippen LogP contribution >= 0.6 is 0 Å². The van der Waals surface area contributed by atoms with Gasteiger partial charge in [0.2, 0.25) is 11.8 Å². The lowest BCUT2D eigenvalue weighted by molar-refractivity contribution is -0.164. The molecule has 1 spiro atoms. The number of ether oxygens (including phenoxy) is 2. The van der Waals surface area contributed by atoms with Crippen molar-refractivity contribution in [1.82, 2.24) is 9.80 Å². The van der Waals surface area contributed by atoms with Crippen LogP contribution in [-0.2, 0) is 23.9 Å². The molecule has 8 heteroatoms. The fourth-order valence-corrected chi connectivity index (χ4v) is 6.97. The van der Waals surface area contributed by atoms with Crippen molar-refractivity contribution < 1.29 is 29.0 Å². The third-order valence-electron chi connectivity index (χ3n) is 8.69. The molecule has 8 nitrogen and oxygen atoms in total. The van der Waals surface area contributed by atoms with Gasteiger partial charge in [0.1, 0.15) is 17.6 Å². The number of fused-ring (bicyclic) bond motifs is 1. The molecular weight excluding hydrogens is 484 g/mol. The van der Waals surface area contributed by atoms with E-state index in [1.807, 2.05) is 20.8 Å². The highest BCUT2D eigenvalue weighted by molar-refractivity contribution is 5.98. The van der Waals surface area contributed by atoms with Gasteiger partial charge >= 0.3 is 5.97 Å². The van der Waals surface area contributed by atoms with Gasteiger partial charge in [0.05, 0.1) is 30.8 Å². The van der Waals surface area contributed by atoms with Crippen molar-refractivity contribution in [2.75, 3.05) is 26.3 Å². The molecule has 0 aromatic heterocycles. The number of nitrogens with zero attached hydrogens (tertiary/aromatic N) is 2. The number of likely N-dealkylation sites (tertiary alicyclic amines) is 1. The van der Waals surface area contributed by atoms with Crippen molar-refractivity contribution in [2.45, 2.75) is 102 Å². The number of esters is 1. The second-order valence-electron chi connectivity index (χ2n) is 11.6. The highest BCUT2D eigenvalue weighted by atomic mass is 16.6. The molecule has 3 heterocycles. The van der Waals surface area contributed by atoms with Crippen LogP contribution in [0.2, 0.25) is 0 Å². The summed E-state index contributed by atoms with van der Waals surface area (Å²) in [5.41, 5.74) is -1.95. The van der Waals surface area contributed by atoms with Gasteiger partial charge in [-0.3, -0.25) is 14.4 Å². The Morgan fingerprint density at radius 1 is 1.24 bits per heavy atom. The molecule has 214 valence electrons. The van der Waals surface area contributed by atoms with Gasteiger partial charge in [-0.25, -0.2) is 0 Å². The second-order valence-corrected chi connectivity index (χ2v) is 11.6. The van der Waals surface area contributed by atoms with Gasteiger partial charge in [-0.2, -0.15) is 0 Å². The zero-order valence-corrected chi connectivity index (χ0v) is 23.8. The molecule has 6 atom stereocenters. The summed E-state index contributed by atoms with van der Waals surface area (Å²) in [4.78, 5) is 45.6. The maximum atomic E-state index is 14.3. The van der Waals surface area contributed by atoms with Crippen molar-refractivity contribution >= 4 is 17.8 Å². The number of amides is 2. The van der Waals surface area contributed by atoms with Crippen molar-refractivity contribution in [3.05, 3.63) is 25.3 Å². The molecule has 1 N–H and O–H groups in total. The van der Waals surface area contributed by atoms with E-state index in [2.05, 4.69) is 20.1 Å². The van der Waals surface area contributed by atoms with Crippen LogP contribution in [0, 0.1) is 17.8 Å².